The second kappa shape index (κ2) is 13.7. The van der Waals surface area contributed by atoms with E-state index in [-0.39, 0.29) is 30.6 Å². The van der Waals surface area contributed by atoms with Crippen molar-refractivity contribution in [2.75, 3.05) is 13.7 Å². The number of fused-ring (bicyclic) bond motifs is 6. The van der Waals surface area contributed by atoms with Gasteiger partial charge in [-0.25, -0.2) is 9.59 Å². The van der Waals surface area contributed by atoms with Crippen molar-refractivity contribution in [2.45, 2.75) is 89.2 Å². The van der Waals surface area contributed by atoms with Crippen LogP contribution in [0.25, 0.3) is 16.8 Å². The SMILES string of the molecule is COc1ccc2cc(/C=C/C(=O)O[C@H]3C[C@@]4(O)[C@@H](OC(=O)c5ccccc5)[C@H]5C(C)(C(=O)[C@H](O)C(=C3C)C4(C)C)[C@@H](O)C[C@H]3OC[C@]35OC(C)=O)ccc2c1. The van der Waals surface area contributed by atoms with Crippen LogP contribution in [-0.4, -0.2) is 94.4 Å². The average molecular weight is 755 g/mol. The second-order valence-corrected chi connectivity index (χ2v) is 15.9. The number of hydrogen-bond donors (Lipinski definition) is 3. The number of esters is 3. The van der Waals surface area contributed by atoms with E-state index >= 15 is 0 Å². The Bertz CT molecular complexity index is 2120. The Morgan fingerprint density at radius 1 is 0.945 bits per heavy atom. The number of benzene rings is 3. The zero-order chi connectivity index (χ0) is 39.7. The molecule has 3 aromatic carbocycles. The van der Waals surface area contributed by atoms with Crippen LogP contribution in [0.3, 0.4) is 0 Å². The van der Waals surface area contributed by atoms with Crippen LogP contribution in [-0.2, 0) is 33.3 Å². The molecule has 1 heterocycles. The van der Waals surface area contributed by atoms with Gasteiger partial charge in [-0.3, -0.25) is 9.59 Å². The zero-order valence-electron chi connectivity index (χ0n) is 31.6. The molecule has 55 heavy (non-hydrogen) atoms. The van der Waals surface area contributed by atoms with Crippen molar-refractivity contribution >= 4 is 40.5 Å². The summed E-state index contributed by atoms with van der Waals surface area (Å²) in [7, 11) is 1.59. The molecule has 1 saturated heterocycles. The number of aliphatic hydroxyl groups excluding tert-OH is 2. The number of carbonyl (C=O) groups is 4. The van der Waals surface area contributed by atoms with Crippen molar-refractivity contribution in [3.8, 4) is 5.75 Å². The largest absolute Gasteiger partial charge is 0.497 e. The van der Waals surface area contributed by atoms with Gasteiger partial charge in [0.15, 0.2) is 11.4 Å². The molecule has 2 saturated carbocycles. The highest BCUT2D eigenvalue weighted by molar-refractivity contribution is 5.94. The lowest BCUT2D eigenvalue weighted by Crippen LogP contribution is -2.81. The zero-order valence-corrected chi connectivity index (χ0v) is 31.6. The van der Waals surface area contributed by atoms with Crippen LogP contribution in [0.4, 0.5) is 0 Å². The molecule has 0 amide bonds. The number of carbonyl (C=O) groups excluding carboxylic acids is 4. The monoisotopic (exact) mass is 754 g/mol. The van der Waals surface area contributed by atoms with Gasteiger partial charge >= 0.3 is 17.9 Å². The van der Waals surface area contributed by atoms with Gasteiger partial charge in [-0.2, -0.15) is 0 Å². The Morgan fingerprint density at radius 3 is 2.29 bits per heavy atom. The lowest BCUT2D eigenvalue weighted by Gasteiger charge is -2.67. The molecule has 12 heteroatoms. The minimum absolute atomic E-state index is 0.0686. The maximum absolute atomic E-state index is 14.9. The van der Waals surface area contributed by atoms with Crippen molar-refractivity contribution in [3.05, 3.63) is 95.1 Å². The number of hydrogen-bond acceptors (Lipinski definition) is 12. The predicted molar refractivity (Wildman–Crippen MR) is 199 cm³/mol. The predicted octanol–water partition coefficient (Wildman–Crippen LogP) is 4.51. The molecule has 290 valence electrons. The second-order valence-electron chi connectivity index (χ2n) is 15.9. The molecule has 0 spiro atoms. The van der Waals surface area contributed by atoms with E-state index in [1.165, 1.54) is 32.1 Å². The average Bonchev–Trinajstić information content (AvgIpc) is 3.15. The molecule has 3 aromatic rings. The molecule has 1 unspecified atom stereocenters. The molecule has 3 fully saturated rings. The fourth-order valence-corrected chi connectivity index (χ4v) is 9.59. The van der Waals surface area contributed by atoms with Gasteiger partial charge in [-0.05, 0) is 77.7 Å². The Hall–Kier alpha value is -4.88. The summed E-state index contributed by atoms with van der Waals surface area (Å²) in [4.78, 5) is 55.2. The van der Waals surface area contributed by atoms with E-state index in [2.05, 4.69) is 0 Å². The van der Waals surface area contributed by atoms with Crippen LogP contribution in [0.15, 0.2) is 84.0 Å². The van der Waals surface area contributed by atoms with E-state index in [9.17, 15) is 34.5 Å². The van der Waals surface area contributed by atoms with Gasteiger partial charge in [0.05, 0.1) is 36.7 Å². The summed E-state index contributed by atoms with van der Waals surface area (Å²) in [6.07, 6.45) is -4.79. The van der Waals surface area contributed by atoms with Crippen molar-refractivity contribution in [3.63, 3.8) is 0 Å². The topological polar surface area (TPSA) is 175 Å². The third-order valence-corrected chi connectivity index (χ3v) is 12.7. The number of ketones is 1. The minimum Gasteiger partial charge on any atom is -0.497 e. The molecule has 7 rings (SSSR count). The summed E-state index contributed by atoms with van der Waals surface area (Å²) in [6.45, 7) is 7.26. The summed E-state index contributed by atoms with van der Waals surface area (Å²) >= 11 is 0. The summed E-state index contributed by atoms with van der Waals surface area (Å²) in [5.74, 6) is -3.86. The van der Waals surface area contributed by atoms with Gasteiger partial charge in [0.1, 0.15) is 35.8 Å². The first-order chi connectivity index (χ1) is 26.0. The van der Waals surface area contributed by atoms with Gasteiger partial charge < -0.3 is 39.0 Å². The summed E-state index contributed by atoms with van der Waals surface area (Å²) in [6, 6.07) is 19.3. The van der Waals surface area contributed by atoms with Gasteiger partial charge in [0.25, 0.3) is 0 Å². The normalized spacial score (nSPS) is 33.7. The Kier molecular flexibility index (Phi) is 9.56. The molecule has 1 aliphatic heterocycles. The molecule has 3 aliphatic carbocycles. The van der Waals surface area contributed by atoms with E-state index in [1.54, 1.807) is 52.2 Å². The molecular formula is C43H46O12. The Labute approximate surface area is 318 Å². The number of rotatable bonds is 7. The van der Waals surface area contributed by atoms with Crippen LogP contribution in [0, 0.1) is 16.7 Å². The highest BCUT2D eigenvalue weighted by Gasteiger charge is 2.78. The van der Waals surface area contributed by atoms with Gasteiger partial charge in [0, 0.05) is 31.3 Å². The first-order valence-electron chi connectivity index (χ1n) is 18.4. The Morgan fingerprint density at radius 2 is 1.64 bits per heavy atom. The van der Waals surface area contributed by atoms with E-state index in [1.807, 2.05) is 36.4 Å². The molecule has 2 bridgehead atoms. The van der Waals surface area contributed by atoms with Crippen LogP contribution in [0.1, 0.15) is 63.4 Å². The van der Waals surface area contributed by atoms with Crippen LogP contribution < -0.4 is 4.74 Å². The third kappa shape index (κ3) is 5.97. The van der Waals surface area contributed by atoms with Crippen molar-refractivity contribution in [2.24, 2.45) is 16.7 Å². The van der Waals surface area contributed by atoms with Gasteiger partial charge in [0.2, 0.25) is 0 Å². The van der Waals surface area contributed by atoms with Gasteiger partial charge in [-0.15, -0.1) is 0 Å². The fraction of sp³-hybridized carbons (Fsp3) is 0.442. The molecule has 4 aliphatic rings. The van der Waals surface area contributed by atoms with Crippen LogP contribution >= 0.6 is 0 Å². The summed E-state index contributed by atoms with van der Waals surface area (Å²) < 4.78 is 29.5. The molecule has 3 N–H and O–H groups in total. The van der Waals surface area contributed by atoms with Crippen LogP contribution in [0.2, 0.25) is 0 Å². The number of methoxy groups -OCH3 is 1. The maximum Gasteiger partial charge on any atom is 0.338 e. The lowest BCUT2D eigenvalue weighted by molar-refractivity contribution is -0.345. The van der Waals surface area contributed by atoms with E-state index in [0.29, 0.717) is 11.3 Å². The standard InChI is InChI=1S/C43H46O12/c1-23-30(53-33(46)17-13-25-12-14-28-19-29(51-6)16-15-27(28)18-25)21-43(50)38(54-39(49)26-10-8-7-9-11-26)36-41(5,37(48)35(47)34(23)40(43,3)4)31(45)20-32-42(36,22-52-32)55-24(2)44/h7-19,30-32,35-36,38,45,47,50H,20-22H2,1-6H3/b17-13+/t30-,31-,32+,35+,36-,38-,41?,42-,43+/m0/s1. The van der Waals surface area contributed by atoms with E-state index in [0.717, 1.165) is 16.3 Å². The highest BCUT2D eigenvalue weighted by Crippen LogP contribution is 2.64. The third-order valence-electron chi connectivity index (χ3n) is 12.7. The first kappa shape index (κ1) is 38.4. The van der Waals surface area contributed by atoms with Crippen molar-refractivity contribution < 1.29 is 58.2 Å². The van der Waals surface area contributed by atoms with E-state index in [4.69, 9.17) is 23.7 Å². The smallest absolute Gasteiger partial charge is 0.338 e. The molecule has 12 nitrogen and oxygen atoms in total. The minimum atomic E-state index is -2.20. The van der Waals surface area contributed by atoms with Crippen LogP contribution in [0.5, 0.6) is 5.75 Å². The summed E-state index contributed by atoms with van der Waals surface area (Å²) in [5, 5.41) is 39.1. The van der Waals surface area contributed by atoms with Crippen molar-refractivity contribution in [1.82, 2.24) is 0 Å². The lowest BCUT2D eigenvalue weighted by atomic mass is 9.44. The number of ether oxygens (including phenoxy) is 5. The van der Waals surface area contributed by atoms with E-state index < -0.39 is 82.2 Å². The first-order valence-corrected chi connectivity index (χ1v) is 18.4. The summed E-state index contributed by atoms with van der Waals surface area (Å²) in [5.41, 5.74) is -6.02. The molecular weight excluding hydrogens is 708 g/mol. The molecule has 0 aromatic heterocycles. The highest BCUT2D eigenvalue weighted by atomic mass is 16.6. The maximum atomic E-state index is 14.9. The van der Waals surface area contributed by atoms with Crippen molar-refractivity contribution in [1.29, 1.82) is 0 Å². The molecule has 0 radical (unpaired) electrons. The quantitative estimate of drug-likeness (QED) is 0.134. The number of aliphatic hydroxyl groups is 3. The fourth-order valence-electron chi connectivity index (χ4n) is 9.59. The number of Topliss-reactive ketones (excluding diaryl/α,β-unsaturated/α-hetero) is 1. The van der Waals surface area contributed by atoms with Gasteiger partial charge in [-0.1, -0.05) is 50.2 Å². The Balaban J connectivity index is 1.33. The molecule has 9 atom stereocenters.